The topological polar surface area (TPSA) is 105 Å². The molecule has 3 N–H and O–H groups in total. The molecule has 7 nitrogen and oxygen atoms in total. The third-order valence-electron chi connectivity index (χ3n) is 4.98. The third-order valence-corrected chi connectivity index (χ3v) is 5.94. The van der Waals surface area contributed by atoms with E-state index < -0.39 is 12.1 Å². The molecule has 0 saturated heterocycles. The van der Waals surface area contributed by atoms with Gasteiger partial charge in [-0.25, -0.2) is 4.79 Å². The first-order valence-electron chi connectivity index (χ1n) is 10.2. The SMILES string of the molecule is O=C(O)CCCNC(=O)CSCCNC(=O)OCC1c2ccccc2-c2ccccc21. The average Bonchev–Trinajstić information content (AvgIpc) is 3.09. The van der Waals surface area contributed by atoms with Gasteiger partial charge < -0.3 is 20.5 Å². The Morgan fingerprint density at radius 3 is 2.23 bits per heavy atom. The summed E-state index contributed by atoms with van der Waals surface area (Å²) in [4.78, 5) is 34.1. The van der Waals surface area contributed by atoms with Gasteiger partial charge in [0.1, 0.15) is 6.61 Å². The Hall–Kier alpha value is -3.00. The van der Waals surface area contributed by atoms with Crippen molar-refractivity contribution < 1.29 is 24.2 Å². The molecule has 0 bridgehead atoms. The molecule has 2 aromatic rings. The second-order valence-electron chi connectivity index (χ2n) is 7.15. The Balaban J connectivity index is 1.33. The molecule has 31 heavy (non-hydrogen) atoms. The fourth-order valence-electron chi connectivity index (χ4n) is 3.56. The van der Waals surface area contributed by atoms with E-state index >= 15 is 0 Å². The van der Waals surface area contributed by atoms with Gasteiger partial charge in [-0.05, 0) is 28.7 Å². The van der Waals surface area contributed by atoms with Gasteiger partial charge in [-0.1, -0.05) is 48.5 Å². The highest BCUT2D eigenvalue weighted by molar-refractivity contribution is 7.99. The lowest BCUT2D eigenvalue weighted by atomic mass is 9.98. The van der Waals surface area contributed by atoms with Crippen molar-refractivity contribution in [3.63, 3.8) is 0 Å². The highest BCUT2D eigenvalue weighted by Crippen LogP contribution is 2.44. The molecule has 1 aliphatic rings. The minimum Gasteiger partial charge on any atom is -0.481 e. The number of nitrogens with one attached hydrogen (secondary N) is 2. The summed E-state index contributed by atoms with van der Waals surface area (Å²) in [6.07, 6.45) is -0.0207. The molecule has 0 aromatic heterocycles. The summed E-state index contributed by atoms with van der Waals surface area (Å²) in [6, 6.07) is 16.4. The number of ether oxygens (including phenoxy) is 1. The van der Waals surface area contributed by atoms with Crippen LogP contribution in [0, 0.1) is 0 Å². The van der Waals surface area contributed by atoms with Crippen molar-refractivity contribution >= 4 is 29.7 Å². The number of benzene rings is 2. The first kappa shape index (κ1) is 22.7. The van der Waals surface area contributed by atoms with Crippen LogP contribution in [-0.2, 0) is 14.3 Å². The van der Waals surface area contributed by atoms with Gasteiger partial charge in [0.15, 0.2) is 0 Å². The van der Waals surface area contributed by atoms with Crippen molar-refractivity contribution in [2.75, 3.05) is 31.2 Å². The summed E-state index contributed by atoms with van der Waals surface area (Å²) < 4.78 is 5.47. The van der Waals surface area contributed by atoms with Gasteiger partial charge in [0.25, 0.3) is 0 Å². The van der Waals surface area contributed by atoms with Gasteiger partial charge in [-0.3, -0.25) is 9.59 Å². The van der Waals surface area contributed by atoms with E-state index in [0.29, 0.717) is 25.3 Å². The van der Waals surface area contributed by atoms with Crippen molar-refractivity contribution in [1.29, 1.82) is 0 Å². The van der Waals surface area contributed by atoms with E-state index in [9.17, 15) is 14.4 Å². The molecule has 2 aromatic carbocycles. The predicted molar refractivity (Wildman–Crippen MR) is 120 cm³/mol. The van der Waals surface area contributed by atoms with E-state index in [1.54, 1.807) is 0 Å². The normalized spacial score (nSPS) is 12.0. The monoisotopic (exact) mass is 442 g/mol. The lowest BCUT2D eigenvalue weighted by Crippen LogP contribution is -2.29. The number of rotatable bonds is 11. The molecule has 2 amide bonds. The first-order valence-corrected chi connectivity index (χ1v) is 11.4. The molecular weight excluding hydrogens is 416 g/mol. The van der Waals surface area contributed by atoms with Crippen LogP contribution in [0.25, 0.3) is 11.1 Å². The molecule has 0 heterocycles. The maximum atomic E-state index is 12.1. The number of hydrogen-bond acceptors (Lipinski definition) is 5. The average molecular weight is 443 g/mol. The number of aliphatic carboxylic acids is 1. The zero-order valence-corrected chi connectivity index (χ0v) is 18.0. The van der Waals surface area contributed by atoms with Gasteiger partial charge in [-0.2, -0.15) is 11.8 Å². The Morgan fingerprint density at radius 1 is 0.935 bits per heavy atom. The summed E-state index contributed by atoms with van der Waals surface area (Å²) in [7, 11) is 0. The summed E-state index contributed by atoms with van der Waals surface area (Å²) >= 11 is 1.39. The summed E-state index contributed by atoms with van der Waals surface area (Å²) in [5, 5.41) is 13.9. The lowest BCUT2D eigenvalue weighted by molar-refractivity contribution is -0.137. The van der Waals surface area contributed by atoms with Crippen LogP contribution in [-0.4, -0.2) is 54.3 Å². The van der Waals surface area contributed by atoms with E-state index in [-0.39, 0.29) is 30.6 Å². The first-order chi connectivity index (χ1) is 15.1. The zero-order chi connectivity index (χ0) is 22.1. The van der Waals surface area contributed by atoms with Crippen LogP contribution < -0.4 is 10.6 Å². The standard InChI is InChI=1S/C23H26N2O5S/c26-21(24-11-5-10-22(27)28)15-31-13-12-25-23(29)30-14-20-18-8-3-1-6-16(18)17-7-2-4-9-19(17)20/h1-4,6-9,20H,5,10-15H2,(H,24,26)(H,25,29)(H,27,28). The molecule has 0 radical (unpaired) electrons. The molecular formula is C23H26N2O5S. The van der Waals surface area contributed by atoms with Gasteiger partial charge in [0.05, 0.1) is 5.75 Å². The number of carbonyl (C=O) groups is 3. The quantitative estimate of drug-likeness (QED) is 0.462. The molecule has 3 rings (SSSR count). The van der Waals surface area contributed by atoms with Crippen LogP contribution in [0.4, 0.5) is 4.79 Å². The zero-order valence-electron chi connectivity index (χ0n) is 17.1. The number of alkyl carbamates (subject to hydrolysis) is 1. The van der Waals surface area contributed by atoms with Crippen LogP contribution in [0.15, 0.2) is 48.5 Å². The number of thioether (sulfide) groups is 1. The number of hydrogen-bond donors (Lipinski definition) is 3. The molecule has 164 valence electrons. The van der Waals surface area contributed by atoms with Crippen LogP contribution in [0.1, 0.15) is 29.9 Å². The number of carbonyl (C=O) groups excluding carboxylic acids is 2. The van der Waals surface area contributed by atoms with E-state index in [0.717, 1.165) is 0 Å². The molecule has 0 atom stereocenters. The largest absolute Gasteiger partial charge is 0.481 e. The Bertz CT molecular complexity index is 888. The summed E-state index contributed by atoms with van der Waals surface area (Å²) in [5.41, 5.74) is 4.71. The maximum absolute atomic E-state index is 12.1. The maximum Gasteiger partial charge on any atom is 0.407 e. The van der Waals surface area contributed by atoms with Crippen molar-refractivity contribution in [1.82, 2.24) is 10.6 Å². The van der Waals surface area contributed by atoms with E-state index in [2.05, 4.69) is 34.9 Å². The Labute approximate surface area is 185 Å². The fourth-order valence-corrected chi connectivity index (χ4v) is 4.24. The second kappa shape index (κ2) is 11.4. The highest BCUT2D eigenvalue weighted by atomic mass is 32.2. The summed E-state index contributed by atoms with van der Waals surface area (Å²) in [6.45, 7) is 1.02. The summed E-state index contributed by atoms with van der Waals surface area (Å²) in [5.74, 6) is -0.150. The molecule has 0 unspecified atom stereocenters. The minimum atomic E-state index is -0.872. The Kier molecular flexibility index (Phi) is 8.35. The smallest absolute Gasteiger partial charge is 0.407 e. The number of fused-ring (bicyclic) bond motifs is 3. The molecule has 1 aliphatic carbocycles. The van der Waals surface area contributed by atoms with Crippen LogP contribution in [0.5, 0.6) is 0 Å². The number of carboxylic acid groups (broad SMARTS) is 1. The van der Waals surface area contributed by atoms with Gasteiger partial charge >= 0.3 is 12.1 Å². The molecule has 8 heteroatoms. The molecule has 0 spiro atoms. The fraction of sp³-hybridized carbons (Fsp3) is 0.348. The van der Waals surface area contributed by atoms with E-state index in [4.69, 9.17) is 9.84 Å². The minimum absolute atomic E-state index is 0.0253. The van der Waals surface area contributed by atoms with Gasteiger partial charge in [0.2, 0.25) is 5.91 Å². The highest BCUT2D eigenvalue weighted by Gasteiger charge is 2.28. The lowest BCUT2D eigenvalue weighted by Gasteiger charge is -2.14. The van der Waals surface area contributed by atoms with E-state index in [1.807, 2.05) is 24.3 Å². The van der Waals surface area contributed by atoms with Crippen LogP contribution in [0.2, 0.25) is 0 Å². The number of carboxylic acids is 1. The van der Waals surface area contributed by atoms with Crippen molar-refractivity contribution in [3.8, 4) is 11.1 Å². The second-order valence-corrected chi connectivity index (χ2v) is 8.26. The van der Waals surface area contributed by atoms with Crippen molar-refractivity contribution in [3.05, 3.63) is 59.7 Å². The van der Waals surface area contributed by atoms with Crippen LogP contribution >= 0.6 is 11.8 Å². The third kappa shape index (κ3) is 6.49. The molecule has 0 saturated carbocycles. The Morgan fingerprint density at radius 2 is 1.58 bits per heavy atom. The van der Waals surface area contributed by atoms with Crippen molar-refractivity contribution in [2.24, 2.45) is 0 Å². The van der Waals surface area contributed by atoms with Crippen molar-refractivity contribution in [2.45, 2.75) is 18.8 Å². The molecule has 0 fully saturated rings. The van der Waals surface area contributed by atoms with E-state index in [1.165, 1.54) is 34.0 Å². The number of amides is 2. The van der Waals surface area contributed by atoms with Gasteiger partial charge in [0, 0.05) is 31.2 Å². The predicted octanol–water partition coefficient (Wildman–Crippen LogP) is 3.24. The van der Waals surface area contributed by atoms with Crippen LogP contribution in [0.3, 0.4) is 0 Å². The molecule has 0 aliphatic heterocycles. The van der Waals surface area contributed by atoms with Gasteiger partial charge in [-0.15, -0.1) is 0 Å².